The first kappa shape index (κ1) is 14.0. The fraction of sp³-hybridized carbons (Fsp3) is 0.250. The molecule has 0 amide bonds. The van der Waals surface area contributed by atoms with Crippen LogP contribution < -0.4 is 5.63 Å². The van der Waals surface area contributed by atoms with Gasteiger partial charge in [-0.3, -0.25) is 4.52 Å². The molecule has 2 aromatic rings. The Morgan fingerprint density at radius 2 is 2.05 bits per heavy atom. The van der Waals surface area contributed by atoms with Gasteiger partial charge in [0.05, 0.1) is 6.61 Å². The number of benzene rings is 1. The predicted molar refractivity (Wildman–Crippen MR) is 68.9 cm³/mol. The maximum absolute atomic E-state index is 11.8. The van der Waals surface area contributed by atoms with Crippen LogP contribution >= 0.6 is 7.82 Å². The monoisotopic (exact) mass is 284 g/mol. The van der Waals surface area contributed by atoms with Gasteiger partial charge >= 0.3 is 13.4 Å². The van der Waals surface area contributed by atoms with Crippen molar-refractivity contribution in [1.29, 1.82) is 0 Å². The Morgan fingerprint density at radius 3 is 2.74 bits per heavy atom. The lowest BCUT2D eigenvalue weighted by Crippen LogP contribution is -2.14. The van der Waals surface area contributed by atoms with E-state index in [9.17, 15) is 9.36 Å². The average Bonchev–Trinajstić information content (AvgIpc) is 2.34. The van der Waals surface area contributed by atoms with Gasteiger partial charge < -0.3 is 14.2 Å². The van der Waals surface area contributed by atoms with Crippen molar-refractivity contribution in [3.8, 4) is 0 Å². The van der Waals surface area contributed by atoms with E-state index in [4.69, 9.17) is 14.2 Å². The van der Waals surface area contributed by atoms with Crippen molar-refractivity contribution in [3.05, 3.63) is 46.3 Å². The van der Waals surface area contributed by atoms with Gasteiger partial charge in [0, 0.05) is 16.9 Å². The summed E-state index contributed by atoms with van der Waals surface area (Å²) in [6, 6.07) is 8.68. The highest BCUT2D eigenvalue weighted by Crippen LogP contribution is 2.37. The predicted octanol–water partition coefficient (Wildman–Crippen LogP) is 2.01. The number of rotatable bonds is 4. The quantitative estimate of drug-likeness (QED) is 0.658. The topological polar surface area (TPSA) is 97.0 Å². The molecule has 0 aliphatic carbocycles. The van der Waals surface area contributed by atoms with Gasteiger partial charge in [0.15, 0.2) is 0 Å². The molecular formula is C12H13O6P. The number of para-hydroxylation sites is 1. The Morgan fingerprint density at radius 1 is 1.37 bits per heavy atom. The first-order chi connectivity index (χ1) is 8.87. The molecule has 1 aromatic heterocycles. The molecule has 0 spiro atoms. The third-order valence-electron chi connectivity index (χ3n) is 2.69. The fourth-order valence-corrected chi connectivity index (χ4v) is 2.14. The van der Waals surface area contributed by atoms with Crippen molar-refractivity contribution in [3.63, 3.8) is 0 Å². The maximum Gasteiger partial charge on any atom is 0.469 e. The molecule has 0 saturated carbocycles. The fourth-order valence-electron chi connectivity index (χ4n) is 1.72. The highest BCUT2D eigenvalue weighted by atomic mass is 31.2. The van der Waals surface area contributed by atoms with Crippen LogP contribution in [0, 0.1) is 0 Å². The Bertz CT molecular complexity index is 686. The summed E-state index contributed by atoms with van der Waals surface area (Å²) >= 11 is 0. The van der Waals surface area contributed by atoms with Gasteiger partial charge in [0.25, 0.3) is 0 Å². The van der Waals surface area contributed by atoms with Gasteiger partial charge in [-0.1, -0.05) is 25.1 Å². The van der Waals surface area contributed by atoms with Crippen LogP contribution in [0.2, 0.25) is 0 Å². The summed E-state index contributed by atoms with van der Waals surface area (Å²) in [4.78, 5) is 29.1. The molecule has 7 heteroatoms. The van der Waals surface area contributed by atoms with E-state index in [2.05, 4.69) is 4.52 Å². The van der Waals surface area contributed by atoms with Gasteiger partial charge in [-0.2, -0.15) is 0 Å². The minimum absolute atomic E-state index is 0.257. The zero-order valence-electron chi connectivity index (χ0n) is 10.1. The minimum Gasteiger partial charge on any atom is -0.423 e. The summed E-state index contributed by atoms with van der Waals surface area (Å²) in [5.41, 5.74) is 0.270. The molecule has 1 heterocycles. The van der Waals surface area contributed by atoms with Crippen LogP contribution in [0.3, 0.4) is 0 Å². The van der Waals surface area contributed by atoms with Gasteiger partial charge in [-0.25, -0.2) is 9.36 Å². The van der Waals surface area contributed by atoms with Crippen molar-refractivity contribution in [2.24, 2.45) is 0 Å². The molecule has 102 valence electrons. The van der Waals surface area contributed by atoms with E-state index >= 15 is 0 Å². The first-order valence-electron chi connectivity index (χ1n) is 5.60. The van der Waals surface area contributed by atoms with E-state index in [1.165, 1.54) is 0 Å². The lowest BCUT2D eigenvalue weighted by Gasteiger charge is -2.12. The summed E-state index contributed by atoms with van der Waals surface area (Å²) in [7, 11) is -4.54. The lowest BCUT2D eigenvalue weighted by molar-refractivity contribution is 0.188. The van der Waals surface area contributed by atoms with Crippen molar-refractivity contribution in [2.75, 3.05) is 6.61 Å². The summed E-state index contributed by atoms with van der Waals surface area (Å²) in [5, 5.41) is 0.750. The Balaban J connectivity index is 2.31. The molecule has 2 N–H and O–H groups in total. The number of phosphoric acid groups is 1. The SMILES string of the molecule is CC(COP(=O)(O)O)c1cc2ccccc2oc1=O. The second-order valence-corrected chi connectivity index (χ2v) is 5.45. The number of phosphoric ester groups is 1. The van der Waals surface area contributed by atoms with Crippen LogP contribution in [0.4, 0.5) is 0 Å². The van der Waals surface area contributed by atoms with Crippen molar-refractivity contribution in [2.45, 2.75) is 12.8 Å². The summed E-state index contributed by atoms with van der Waals surface area (Å²) in [5.74, 6) is -0.478. The van der Waals surface area contributed by atoms with Gasteiger partial charge in [0.1, 0.15) is 5.58 Å². The molecule has 1 atom stereocenters. The number of hydrogen-bond donors (Lipinski definition) is 2. The van der Waals surface area contributed by atoms with Crippen LogP contribution in [0.1, 0.15) is 18.4 Å². The average molecular weight is 284 g/mol. The van der Waals surface area contributed by atoms with Crippen LogP contribution in [0.5, 0.6) is 0 Å². The van der Waals surface area contributed by atoms with Crippen LogP contribution in [-0.4, -0.2) is 16.4 Å². The molecule has 0 bridgehead atoms. The zero-order chi connectivity index (χ0) is 14.0. The second-order valence-electron chi connectivity index (χ2n) is 4.21. The van der Waals surface area contributed by atoms with Crippen molar-refractivity contribution in [1.82, 2.24) is 0 Å². The molecule has 0 aliphatic rings. The number of fused-ring (bicyclic) bond motifs is 1. The third-order valence-corrected chi connectivity index (χ3v) is 3.18. The third kappa shape index (κ3) is 3.52. The van der Waals surface area contributed by atoms with E-state index in [-0.39, 0.29) is 6.61 Å². The highest BCUT2D eigenvalue weighted by molar-refractivity contribution is 7.46. The molecule has 0 radical (unpaired) electrons. The van der Waals surface area contributed by atoms with E-state index < -0.39 is 19.4 Å². The smallest absolute Gasteiger partial charge is 0.423 e. The molecule has 0 aliphatic heterocycles. The van der Waals surface area contributed by atoms with E-state index in [0.717, 1.165) is 5.39 Å². The van der Waals surface area contributed by atoms with Gasteiger partial charge in [-0.15, -0.1) is 0 Å². The Kier molecular flexibility index (Phi) is 3.87. The summed E-state index contributed by atoms with van der Waals surface area (Å²) in [6.07, 6.45) is 0. The maximum atomic E-state index is 11.8. The summed E-state index contributed by atoms with van der Waals surface area (Å²) in [6.45, 7) is 1.38. The molecular weight excluding hydrogens is 271 g/mol. The highest BCUT2D eigenvalue weighted by Gasteiger charge is 2.19. The van der Waals surface area contributed by atoms with Crippen LogP contribution in [-0.2, 0) is 9.09 Å². The molecule has 19 heavy (non-hydrogen) atoms. The molecule has 0 fully saturated rings. The molecule has 2 rings (SSSR count). The van der Waals surface area contributed by atoms with Gasteiger partial charge in [-0.05, 0) is 12.1 Å². The lowest BCUT2D eigenvalue weighted by atomic mass is 10.0. The molecule has 1 unspecified atom stereocenters. The summed E-state index contributed by atoms with van der Waals surface area (Å²) < 4.78 is 20.2. The molecule has 6 nitrogen and oxygen atoms in total. The van der Waals surface area contributed by atoms with E-state index in [1.807, 2.05) is 6.07 Å². The number of hydrogen-bond acceptors (Lipinski definition) is 4. The van der Waals surface area contributed by atoms with Crippen LogP contribution in [0.25, 0.3) is 11.0 Å². The normalized spacial score (nSPS) is 13.6. The van der Waals surface area contributed by atoms with E-state index in [0.29, 0.717) is 11.1 Å². The van der Waals surface area contributed by atoms with Crippen LogP contribution in [0.15, 0.2) is 39.5 Å². The van der Waals surface area contributed by atoms with Gasteiger partial charge in [0.2, 0.25) is 0 Å². The Hall–Kier alpha value is -1.46. The molecule has 1 aromatic carbocycles. The first-order valence-corrected chi connectivity index (χ1v) is 7.13. The van der Waals surface area contributed by atoms with Crippen molar-refractivity contribution < 1.29 is 23.3 Å². The minimum atomic E-state index is -4.54. The second kappa shape index (κ2) is 5.27. The standard InChI is InChI=1S/C12H13O6P/c1-8(7-17-19(14,15)16)10-6-9-4-2-3-5-11(9)18-12(10)13/h2-6,8H,7H2,1H3,(H2,14,15,16). The Labute approximate surface area is 108 Å². The molecule has 0 saturated heterocycles. The van der Waals surface area contributed by atoms with E-state index in [1.54, 1.807) is 31.2 Å². The largest absolute Gasteiger partial charge is 0.469 e. The zero-order valence-corrected chi connectivity index (χ0v) is 11.0. The van der Waals surface area contributed by atoms with Crippen molar-refractivity contribution >= 4 is 18.8 Å².